The molecule has 106 valence electrons. The number of hydrogen-bond donors (Lipinski definition) is 2. The molecule has 6 nitrogen and oxygen atoms in total. The van der Waals surface area contributed by atoms with E-state index >= 15 is 0 Å². The number of hydrogen-bond acceptors (Lipinski definition) is 5. The van der Waals surface area contributed by atoms with E-state index in [9.17, 15) is 4.79 Å². The Morgan fingerprint density at radius 2 is 2.05 bits per heavy atom. The van der Waals surface area contributed by atoms with Crippen LogP contribution in [0.25, 0.3) is 11.2 Å². The molecule has 0 unspecified atom stereocenters. The molecular weight excluding hydrogens is 354 g/mol. The van der Waals surface area contributed by atoms with Gasteiger partial charge in [0.2, 0.25) is 5.91 Å². The maximum atomic E-state index is 11.9. The van der Waals surface area contributed by atoms with E-state index < -0.39 is 0 Å². The van der Waals surface area contributed by atoms with Crippen molar-refractivity contribution >= 4 is 50.5 Å². The first kappa shape index (κ1) is 14.0. The highest BCUT2D eigenvalue weighted by Gasteiger charge is 2.09. The number of nitrogens with zero attached hydrogens (tertiary/aromatic N) is 3. The number of rotatable bonds is 4. The molecule has 3 rings (SSSR count). The Hall–Kier alpha value is -1.93. The minimum Gasteiger partial charge on any atom is -0.341 e. The van der Waals surface area contributed by atoms with Gasteiger partial charge in [0.05, 0.1) is 12.1 Å². The maximum Gasteiger partial charge on any atom is 0.234 e. The first-order chi connectivity index (χ1) is 10.2. The van der Waals surface area contributed by atoms with Gasteiger partial charge in [-0.05, 0) is 24.3 Å². The Morgan fingerprint density at radius 1 is 1.24 bits per heavy atom. The highest BCUT2D eigenvalue weighted by Crippen LogP contribution is 2.22. The first-order valence-corrected chi connectivity index (χ1v) is 7.82. The van der Waals surface area contributed by atoms with Crippen molar-refractivity contribution in [3.05, 3.63) is 41.4 Å². The van der Waals surface area contributed by atoms with Crippen molar-refractivity contribution < 1.29 is 4.79 Å². The molecule has 0 saturated heterocycles. The summed E-state index contributed by atoms with van der Waals surface area (Å²) in [5.41, 5.74) is 2.11. The first-order valence-electron chi connectivity index (χ1n) is 6.04. The second-order valence-electron chi connectivity index (χ2n) is 4.12. The molecule has 21 heavy (non-hydrogen) atoms. The van der Waals surface area contributed by atoms with Gasteiger partial charge < -0.3 is 10.3 Å². The minimum absolute atomic E-state index is 0.0893. The number of nitrogens with one attached hydrogen (secondary N) is 2. The number of halogens is 1. The fourth-order valence-electron chi connectivity index (χ4n) is 1.72. The lowest BCUT2D eigenvalue weighted by atomic mass is 10.3. The van der Waals surface area contributed by atoms with E-state index in [1.54, 1.807) is 6.33 Å². The standard InChI is InChI=1S/C13H10BrN5OS/c14-8-1-3-9(4-2-8)19-10(20)5-21-13-11-12(16-6-15-11)17-7-18-13/h1-4,6-7H,5H2,(H,19,20)(H,15,16,17,18). The number of carbonyl (C=O) groups excluding carboxylic acids is 1. The summed E-state index contributed by atoms with van der Waals surface area (Å²) >= 11 is 4.69. The molecule has 0 spiro atoms. The highest BCUT2D eigenvalue weighted by molar-refractivity contribution is 9.10. The number of thioether (sulfide) groups is 1. The van der Waals surface area contributed by atoms with E-state index in [-0.39, 0.29) is 11.7 Å². The van der Waals surface area contributed by atoms with Gasteiger partial charge in [0, 0.05) is 10.2 Å². The van der Waals surface area contributed by atoms with Crippen LogP contribution in [0.15, 0.2) is 46.4 Å². The third-order valence-corrected chi connectivity index (χ3v) is 4.17. The van der Waals surface area contributed by atoms with Gasteiger partial charge >= 0.3 is 0 Å². The second-order valence-corrected chi connectivity index (χ2v) is 6.00. The summed E-state index contributed by atoms with van der Waals surface area (Å²) < 4.78 is 0.970. The highest BCUT2D eigenvalue weighted by atomic mass is 79.9. The van der Waals surface area contributed by atoms with Gasteiger partial charge in [-0.25, -0.2) is 15.0 Å². The van der Waals surface area contributed by atoms with Crippen molar-refractivity contribution in [2.24, 2.45) is 0 Å². The molecule has 1 aromatic carbocycles. The number of H-pyrrole nitrogens is 1. The van der Waals surface area contributed by atoms with Crippen molar-refractivity contribution in [3.8, 4) is 0 Å². The lowest BCUT2D eigenvalue weighted by Gasteiger charge is -2.05. The van der Waals surface area contributed by atoms with Gasteiger partial charge in [0.15, 0.2) is 5.65 Å². The van der Waals surface area contributed by atoms with Crippen LogP contribution < -0.4 is 5.32 Å². The Bertz CT molecular complexity index is 774. The van der Waals surface area contributed by atoms with Crippen molar-refractivity contribution in [3.63, 3.8) is 0 Å². The predicted octanol–water partition coefficient (Wildman–Crippen LogP) is 2.85. The normalized spacial score (nSPS) is 10.7. The van der Waals surface area contributed by atoms with Crippen molar-refractivity contribution in [1.82, 2.24) is 19.9 Å². The third-order valence-electron chi connectivity index (χ3n) is 2.66. The van der Waals surface area contributed by atoms with Crippen LogP contribution in [0.2, 0.25) is 0 Å². The van der Waals surface area contributed by atoms with E-state index in [0.717, 1.165) is 15.7 Å². The number of aromatic amines is 1. The van der Waals surface area contributed by atoms with Gasteiger partial charge in [0.1, 0.15) is 16.9 Å². The summed E-state index contributed by atoms with van der Waals surface area (Å²) in [5, 5.41) is 3.54. The second kappa shape index (κ2) is 6.23. The summed E-state index contributed by atoms with van der Waals surface area (Å²) in [4.78, 5) is 27.2. The van der Waals surface area contributed by atoms with E-state index in [0.29, 0.717) is 10.7 Å². The van der Waals surface area contributed by atoms with Gasteiger partial charge in [-0.1, -0.05) is 27.7 Å². The average Bonchev–Trinajstić information content (AvgIpc) is 2.96. The fraction of sp³-hybridized carbons (Fsp3) is 0.0769. The van der Waals surface area contributed by atoms with Crippen LogP contribution in [0.1, 0.15) is 0 Å². The van der Waals surface area contributed by atoms with Crippen LogP contribution in [0.3, 0.4) is 0 Å². The molecule has 8 heteroatoms. The number of carbonyl (C=O) groups is 1. The topological polar surface area (TPSA) is 83.6 Å². The van der Waals surface area contributed by atoms with Crippen LogP contribution in [0.5, 0.6) is 0 Å². The van der Waals surface area contributed by atoms with Crippen LogP contribution >= 0.6 is 27.7 Å². The molecule has 1 amide bonds. The Kier molecular flexibility index (Phi) is 4.16. The lowest BCUT2D eigenvalue weighted by Crippen LogP contribution is -2.14. The summed E-state index contributed by atoms with van der Waals surface area (Å²) in [6.45, 7) is 0. The van der Waals surface area contributed by atoms with E-state index in [4.69, 9.17) is 0 Å². The smallest absolute Gasteiger partial charge is 0.234 e. The number of aromatic nitrogens is 4. The summed E-state index contributed by atoms with van der Waals surface area (Å²) in [6, 6.07) is 7.43. The Morgan fingerprint density at radius 3 is 2.86 bits per heavy atom. The zero-order valence-electron chi connectivity index (χ0n) is 10.7. The molecule has 0 saturated carbocycles. The maximum absolute atomic E-state index is 11.9. The number of benzene rings is 1. The lowest BCUT2D eigenvalue weighted by molar-refractivity contribution is -0.113. The number of amides is 1. The van der Waals surface area contributed by atoms with E-state index in [1.165, 1.54) is 18.1 Å². The Labute approximate surface area is 132 Å². The number of imidazole rings is 1. The minimum atomic E-state index is -0.0893. The van der Waals surface area contributed by atoms with Crippen LogP contribution in [0.4, 0.5) is 5.69 Å². The van der Waals surface area contributed by atoms with Crippen molar-refractivity contribution in [2.75, 3.05) is 11.1 Å². The number of fused-ring (bicyclic) bond motifs is 1. The average molecular weight is 364 g/mol. The molecule has 0 aliphatic heterocycles. The number of anilines is 1. The quantitative estimate of drug-likeness (QED) is 0.549. The van der Waals surface area contributed by atoms with Gasteiger partial charge in [0.25, 0.3) is 0 Å². The SMILES string of the molecule is O=C(CSc1ncnc2nc[nH]c12)Nc1ccc(Br)cc1. The van der Waals surface area contributed by atoms with Crippen LogP contribution in [0, 0.1) is 0 Å². The van der Waals surface area contributed by atoms with E-state index in [1.807, 2.05) is 24.3 Å². The van der Waals surface area contributed by atoms with Crippen LogP contribution in [-0.2, 0) is 4.79 Å². The van der Waals surface area contributed by atoms with Gasteiger partial charge in [-0.15, -0.1) is 0 Å². The molecule has 3 aromatic rings. The largest absolute Gasteiger partial charge is 0.341 e. The van der Waals surface area contributed by atoms with Crippen molar-refractivity contribution in [2.45, 2.75) is 5.03 Å². The molecule has 2 heterocycles. The molecular formula is C13H10BrN5OS. The van der Waals surface area contributed by atoms with Gasteiger partial charge in [-0.2, -0.15) is 0 Å². The summed E-state index contributed by atoms with van der Waals surface area (Å²) in [6.07, 6.45) is 3.00. The van der Waals surface area contributed by atoms with E-state index in [2.05, 4.69) is 41.2 Å². The molecule has 0 aliphatic rings. The summed E-state index contributed by atoms with van der Waals surface area (Å²) in [7, 11) is 0. The monoisotopic (exact) mass is 363 g/mol. The van der Waals surface area contributed by atoms with Gasteiger partial charge in [-0.3, -0.25) is 4.79 Å². The Balaban J connectivity index is 1.63. The molecule has 2 N–H and O–H groups in total. The molecule has 2 aromatic heterocycles. The molecule has 0 atom stereocenters. The molecule has 0 aliphatic carbocycles. The molecule has 0 fully saturated rings. The molecule has 0 radical (unpaired) electrons. The summed E-state index contributed by atoms with van der Waals surface area (Å²) in [5.74, 6) is 0.176. The molecule has 0 bridgehead atoms. The predicted molar refractivity (Wildman–Crippen MR) is 85.2 cm³/mol. The third kappa shape index (κ3) is 3.40. The van der Waals surface area contributed by atoms with Crippen LogP contribution in [-0.4, -0.2) is 31.6 Å². The fourth-order valence-corrected chi connectivity index (χ4v) is 2.74. The van der Waals surface area contributed by atoms with Crippen molar-refractivity contribution in [1.29, 1.82) is 0 Å². The zero-order chi connectivity index (χ0) is 14.7. The zero-order valence-corrected chi connectivity index (χ0v) is 13.1.